The van der Waals surface area contributed by atoms with Crippen molar-refractivity contribution in [3.05, 3.63) is 34.1 Å². The Morgan fingerprint density at radius 2 is 2.41 bits per heavy atom. The first-order valence-corrected chi connectivity index (χ1v) is 7.63. The van der Waals surface area contributed by atoms with E-state index in [1.54, 1.807) is 6.07 Å². The maximum absolute atomic E-state index is 13.7. The van der Waals surface area contributed by atoms with Gasteiger partial charge in [0.05, 0.1) is 0 Å². The van der Waals surface area contributed by atoms with Crippen LogP contribution in [-0.2, 0) is 6.42 Å². The van der Waals surface area contributed by atoms with E-state index in [1.165, 1.54) is 11.8 Å². The molecule has 5 heteroatoms. The quantitative estimate of drug-likeness (QED) is 0.662. The third-order valence-corrected chi connectivity index (χ3v) is 4.88. The van der Waals surface area contributed by atoms with Crippen LogP contribution in [0, 0.1) is 11.7 Å². The van der Waals surface area contributed by atoms with Gasteiger partial charge in [-0.25, -0.2) is 4.39 Å². The van der Waals surface area contributed by atoms with Gasteiger partial charge in [-0.2, -0.15) is 11.8 Å². The van der Waals surface area contributed by atoms with Crippen molar-refractivity contribution in [2.24, 2.45) is 11.8 Å². The lowest BCUT2D eigenvalue weighted by Crippen LogP contribution is -2.42. The normalized spacial score (nSPS) is 21.7. The molecule has 0 aliphatic carbocycles. The lowest BCUT2D eigenvalue weighted by atomic mass is 9.93. The molecule has 0 amide bonds. The topological polar surface area (TPSA) is 38.0 Å². The van der Waals surface area contributed by atoms with Gasteiger partial charge >= 0.3 is 0 Å². The van der Waals surface area contributed by atoms with Gasteiger partial charge in [0.25, 0.3) is 0 Å². The van der Waals surface area contributed by atoms with E-state index in [0.29, 0.717) is 12.3 Å². The highest BCUT2D eigenvalue weighted by Gasteiger charge is 2.25. The first kappa shape index (κ1) is 13.3. The fraction of sp³-hybridized carbons (Fsp3) is 0.500. The highest BCUT2D eigenvalue weighted by Crippen LogP contribution is 2.28. The molecule has 94 valence electrons. The van der Waals surface area contributed by atoms with Gasteiger partial charge in [-0.3, -0.25) is 11.3 Å². The molecule has 1 aromatic carbocycles. The first-order valence-electron chi connectivity index (χ1n) is 5.68. The Morgan fingerprint density at radius 3 is 3.06 bits per heavy atom. The zero-order valence-corrected chi connectivity index (χ0v) is 11.9. The predicted octanol–water partition coefficient (Wildman–Crippen LogP) is 2.72. The molecule has 1 aromatic rings. The summed E-state index contributed by atoms with van der Waals surface area (Å²) in [5.41, 5.74) is 3.57. The van der Waals surface area contributed by atoms with Crippen LogP contribution in [0.1, 0.15) is 12.0 Å². The molecule has 0 aromatic heterocycles. The minimum Gasteiger partial charge on any atom is -0.271 e. The molecular formula is C12H16BrFN2S. The van der Waals surface area contributed by atoms with Gasteiger partial charge in [-0.15, -0.1) is 0 Å². The van der Waals surface area contributed by atoms with Crippen molar-refractivity contribution < 1.29 is 4.39 Å². The summed E-state index contributed by atoms with van der Waals surface area (Å²) in [5.74, 6) is 8.29. The van der Waals surface area contributed by atoms with Crippen molar-refractivity contribution in [3.63, 3.8) is 0 Å². The molecule has 1 heterocycles. The number of hydrogen-bond acceptors (Lipinski definition) is 3. The van der Waals surface area contributed by atoms with Crippen LogP contribution in [0.5, 0.6) is 0 Å². The predicted molar refractivity (Wildman–Crippen MR) is 74.3 cm³/mol. The highest BCUT2D eigenvalue weighted by atomic mass is 79.9. The number of benzene rings is 1. The van der Waals surface area contributed by atoms with Crippen LogP contribution in [0.2, 0.25) is 0 Å². The van der Waals surface area contributed by atoms with Crippen LogP contribution in [0.3, 0.4) is 0 Å². The smallest absolute Gasteiger partial charge is 0.126 e. The number of hydrazine groups is 1. The van der Waals surface area contributed by atoms with E-state index in [0.717, 1.165) is 22.2 Å². The molecule has 1 fully saturated rings. The minimum absolute atomic E-state index is 0.154. The zero-order chi connectivity index (χ0) is 12.3. The molecule has 0 spiro atoms. The molecule has 17 heavy (non-hydrogen) atoms. The molecule has 2 nitrogen and oxygen atoms in total. The number of halogens is 2. The van der Waals surface area contributed by atoms with E-state index in [1.807, 2.05) is 17.8 Å². The molecule has 1 saturated heterocycles. The van der Waals surface area contributed by atoms with Gasteiger partial charge in [0.1, 0.15) is 5.82 Å². The molecule has 1 aliphatic heterocycles. The lowest BCUT2D eigenvalue weighted by Gasteiger charge is -2.22. The van der Waals surface area contributed by atoms with Crippen LogP contribution in [0.15, 0.2) is 22.7 Å². The second-order valence-electron chi connectivity index (χ2n) is 4.34. The van der Waals surface area contributed by atoms with Crippen molar-refractivity contribution >= 4 is 27.7 Å². The van der Waals surface area contributed by atoms with E-state index < -0.39 is 0 Å². The Kier molecular flexibility index (Phi) is 4.85. The molecular weight excluding hydrogens is 303 g/mol. The summed E-state index contributed by atoms with van der Waals surface area (Å²) in [6.45, 7) is 0. The Morgan fingerprint density at radius 1 is 1.59 bits per heavy atom. The average molecular weight is 319 g/mol. The molecule has 1 aliphatic rings. The van der Waals surface area contributed by atoms with Crippen LogP contribution in [0.25, 0.3) is 0 Å². The van der Waals surface area contributed by atoms with Crippen molar-refractivity contribution in [2.75, 3.05) is 11.5 Å². The number of nitrogens with one attached hydrogen (secondary N) is 1. The van der Waals surface area contributed by atoms with Crippen molar-refractivity contribution in [1.29, 1.82) is 0 Å². The van der Waals surface area contributed by atoms with Gasteiger partial charge in [0, 0.05) is 10.5 Å². The third kappa shape index (κ3) is 3.44. The summed E-state index contributed by atoms with van der Waals surface area (Å²) in [5, 5.41) is 0. The molecule has 2 unspecified atom stereocenters. The number of hydrogen-bond donors (Lipinski definition) is 2. The Bertz CT molecular complexity index is 383. The van der Waals surface area contributed by atoms with Crippen molar-refractivity contribution in [3.8, 4) is 0 Å². The standard InChI is InChI=1S/C12H16BrFN2S/c13-10-1-2-11(14)9(5-10)6-12(16-15)8-3-4-17-7-8/h1-2,5,8,12,16H,3-4,6-7,15H2. The molecule has 3 N–H and O–H groups in total. The number of thioether (sulfide) groups is 1. The summed E-state index contributed by atoms with van der Waals surface area (Å²) >= 11 is 5.31. The van der Waals surface area contributed by atoms with E-state index in [4.69, 9.17) is 5.84 Å². The first-order chi connectivity index (χ1) is 8.20. The van der Waals surface area contributed by atoms with Gasteiger partial charge in [0.2, 0.25) is 0 Å². The SMILES string of the molecule is NNC(Cc1cc(Br)ccc1F)C1CCSC1. The van der Waals surface area contributed by atoms with E-state index in [9.17, 15) is 4.39 Å². The molecule has 0 radical (unpaired) electrons. The van der Waals surface area contributed by atoms with E-state index in [-0.39, 0.29) is 11.9 Å². The van der Waals surface area contributed by atoms with Crippen LogP contribution in [-0.4, -0.2) is 17.5 Å². The number of nitrogens with two attached hydrogens (primary N) is 1. The zero-order valence-electron chi connectivity index (χ0n) is 9.46. The molecule has 0 saturated carbocycles. The summed E-state index contributed by atoms with van der Waals surface area (Å²) in [6, 6.07) is 5.21. The fourth-order valence-corrected chi connectivity index (χ4v) is 3.91. The third-order valence-electron chi connectivity index (χ3n) is 3.20. The van der Waals surface area contributed by atoms with Gasteiger partial charge in [-0.1, -0.05) is 15.9 Å². The lowest BCUT2D eigenvalue weighted by molar-refractivity contribution is 0.381. The summed E-state index contributed by atoms with van der Waals surface area (Å²) in [6.07, 6.45) is 1.81. The Hall–Kier alpha value is -0.100. The Labute approximate surface area is 114 Å². The molecule has 2 atom stereocenters. The van der Waals surface area contributed by atoms with Crippen molar-refractivity contribution in [2.45, 2.75) is 18.9 Å². The van der Waals surface area contributed by atoms with Crippen LogP contribution < -0.4 is 11.3 Å². The monoisotopic (exact) mass is 318 g/mol. The summed E-state index contributed by atoms with van der Waals surface area (Å²) < 4.78 is 14.6. The fourth-order valence-electron chi connectivity index (χ4n) is 2.17. The van der Waals surface area contributed by atoms with Gasteiger partial charge in [-0.05, 0) is 54.0 Å². The summed E-state index contributed by atoms with van der Waals surface area (Å²) in [7, 11) is 0. The van der Waals surface area contributed by atoms with Crippen molar-refractivity contribution in [1.82, 2.24) is 5.43 Å². The highest BCUT2D eigenvalue weighted by molar-refractivity contribution is 9.10. The maximum atomic E-state index is 13.7. The van der Waals surface area contributed by atoms with Crippen LogP contribution in [0.4, 0.5) is 4.39 Å². The second-order valence-corrected chi connectivity index (χ2v) is 6.40. The van der Waals surface area contributed by atoms with E-state index >= 15 is 0 Å². The van der Waals surface area contributed by atoms with E-state index in [2.05, 4.69) is 21.4 Å². The second kappa shape index (κ2) is 6.18. The van der Waals surface area contributed by atoms with Gasteiger partial charge in [0.15, 0.2) is 0 Å². The number of rotatable bonds is 4. The largest absolute Gasteiger partial charge is 0.271 e. The van der Waals surface area contributed by atoms with Gasteiger partial charge < -0.3 is 0 Å². The minimum atomic E-state index is -0.154. The Balaban J connectivity index is 2.09. The summed E-state index contributed by atoms with van der Waals surface area (Å²) in [4.78, 5) is 0. The maximum Gasteiger partial charge on any atom is 0.126 e. The average Bonchev–Trinajstić information content (AvgIpc) is 2.84. The molecule has 0 bridgehead atoms. The van der Waals surface area contributed by atoms with Crippen LogP contribution >= 0.6 is 27.7 Å². The molecule has 2 rings (SSSR count).